The van der Waals surface area contributed by atoms with Crippen LogP contribution in [0.4, 0.5) is 5.95 Å². The van der Waals surface area contributed by atoms with Gasteiger partial charge in [-0.05, 0) is 36.8 Å². The average molecular weight is 394 g/mol. The molecule has 3 aromatic heterocycles. The molecule has 0 saturated heterocycles. The number of aromatic nitrogens is 6. The molecule has 4 heterocycles. The fourth-order valence-electron chi connectivity index (χ4n) is 3.35. The van der Waals surface area contributed by atoms with Crippen LogP contribution in [-0.4, -0.2) is 36.4 Å². The zero-order chi connectivity index (χ0) is 18.9. The van der Waals surface area contributed by atoms with Crippen molar-refractivity contribution in [3.63, 3.8) is 0 Å². The van der Waals surface area contributed by atoms with Gasteiger partial charge in [0.15, 0.2) is 11.6 Å². The van der Waals surface area contributed by atoms with E-state index in [1.165, 1.54) is 0 Å². The van der Waals surface area contributed by atoms with E-state index in [-0.39, 0.29) is 0 Å². The van der Waals surface area contributed by atoms with E-state index in [9.17, 15) is 0 Å². The van der Waals surface area contributed by atoms with E-state index in [2.05, 4.69) is 34.8 Å². The lowest BCUT2D eigenvalue weighted by Crippen LogP contribution is -2.32. The van der Waals surface area contributed by atoms with Crippen molar-refractivity contribution in [1.29, 1.82) is 0 Å². The van der Waals surface area contributed by atoms with Gasteiger partial charge >= 0.3 is 0 Å². The van der Waals surface area contributed by atoms with Crippen LogP contribution in [-0.2, 0) is 13.1 Å². The van der Waals surface area contributed by atoms with Gasteiger partial charge in [0.25, 0.3) is 5.89 Å². The van der Waals surface area contributed by atoms with Gasteiger partial charge in [0.05, 0.1) is 6.54 Å². The highest BCUT2D eigenvalue weighted by molar-refractivity contribution is 6.30. The normalized spacial score (nSPS) is 13.5. The maximum atomic E-state index is 6.05. The van der Waals surface area contributed by atoms with E-state index >= 15 is 0 Å². The maximum absolute atomic E-state index is 6.05. The van der Waals surface area contributed by atoms with Crippen molar-refractivity contribution in [2.75, 3.05) is 11.4 Å². The number of hydrogen-bond donors (Lipinski definition) is 0. The fourth-order valence-corrected chi connectivity index (χ4v) is 3.54. The number of hydrogen-bond acceptors (Lipinski definition) is 7. The van der Waals surface area contributed by atoms with Gasteiger partial charge in [-0.1, -0.05) is 22.8 Å². The van der Waals surface area contributed by atoms with Crippen molar-refractivity contribution in [2.45, 2.75) is 19.5 Å². The Morgan fingerprint density at radius 3 is 2.79 bits per heavy atom. The molecule has 0 bridgehead atoms. The van der Waals surface area contributed by atoms with Crippen molar-refractivity contribution >= 4 is 17.5 Å². The third-order valence-electron chi connectivity index (χ3n) is 4.63. The molecule has 1 aliphatic rings. The Labute approximate surface area is 165 Å². The van der Waals surface area contributed by atoms with Crippen LogP contribution in [0.3, 0.4) is 0 Å². The largest absolute Gasteiger partial charge is 0.334 e. The molecule has 1 aliphatic heterocycles. The van der Waals surface area contributed by atoms with Crippen LogP contribution in [0.1, 0.15) is 12.2 Å². The molecule has 1 aromatic carbocycles. The second-order valence-electron chi connectivity index (χ2n) is 6.51. The van der Waals surface area contributed by atoms with Crippen LogP contribution < -0.4 is 4.90 Å². The van der Waals surface area contributed by atoms with E-state index in [1.54, 1.807) is 18.5 Å². The summed E-state index contributed by atoms with van der Waals surface area (Å²) >= 11 is 6.05. The summed E-state index contributed by atoms with van der Waals surface area (Å²) in [5.74, 6) is 2.70. The van der Waals surface area contributed by atoms with Crippen molar-refractivity contribution in [3.8, 4) is 22.8 Å². The zero-order valence-corrected chi connectivity index (χ0v) is 15.6. The Morgan fingerprint density at radius 2 is 1.93 bits per heavy atom. The van der Waals surface area contributed by atoms with Gasteiger partial charge < -0.3 is 9.42 Å². The molecule has 0 saturated carbocycles. The van der Waals surface area contributed by atoms with E-state index in [0.717, 1.165) is 42.4 Å². The Morgan fingerprint density at radius 1 is 1.04 bits per heavy atom. The number of pyridine rings is 1. The molecular formula is C19H16ClN7O. The summed E-state index contributed by atoms with van der Waals surface area (Å²) in [6.45, 7) is 2.23. The van der Waals surface area contributed by atoms with Crippen LogP contribution in [0.5, 0.6) is 0 Å². The molecule has 9 heteroatoms. The minimum atomic E-state index is 0.452. The molecule has 28 heavy (non-hydrogen) atoms. The number of fused-ring (bicyclic) bond motifs is 1. The highest BCUT2D eigenvalue weighted by Crippen LogP contribution is 2.27. The molecule has 0 amide bonds. The van der Waals surface area contributed by atoms with Crippen molar-refractivity contribution in [1.82, 2.24) is 29.9 Å². The molecule has 0 radical (unpaired) electrons. The van der Waals surface area contributed by atoms with Crippen molar-refractivity contribution < 1.29 is 4.52 Å². The minimum absolute atomic E-state index is 0.452. The molecule has 0 unspecified atom stereocenters. The van der Waals surface area contributed by atoms with Crippen LogP contribution in [0.25, 0.3) is 22.8 Å². The first kappa shape index (κ1) is 16.9. The summed E-state index contributed by atoms with van der Waals surface area (Å²) in [5.41, 5.74) is 1.80. The summed E-state index contributed by atoms with van der Waals surface area (Å²) in [5, 5.41) is 13.5. The predicted octanol–water partition coefficient (Wildman–Crippen LogP) is 3.45. The van der Waals surface area contributed by atoms with Gasteiger partial charge in [0, 0.05) is 41.6 Å². The summed E-state index contributed by atoms with van der Waals surface area (Å²) in [6, 6.07) is 11.2. The molecule has 0 N–H and O–H groups in total. The van der Waals surface area contributed by atoms with Gasteiger partial charge in [-0.15, -0.1) is 10.2 Å². The van der Waals surface area contributed by atoms with Gasteiger partial charge in [0.1, 0.15) is 0 Å². The molecule has 4 aromatic rings. The smallest absolute Gasteiger partial charge is 0.258 e. The highest BCUT2D eigenvalue weighted by Gasteiger charge is 2.24. The summed E-state index contributed by atoms with van der Waals surface area (Å²) in [7, 11) is 0. The van der Waals surface area contributed by atoms with E-state index in [0.29, 0.717) is 23.3 Å². The SMILES string of the molecule is Clc1cccc(-c2nc(CN3CCCn4c(-c5ccncc5)nnc43)no2)c1. The number of halogens is 1. The summed E-state index contributed by atoms with van der Waals surface area (Å²) < 4.78 is 7.54. The lowest BCUT2D eigenvalue weighted by Gasteiger charge is -2.27. The predicted molar refractivity (Wildman–Crippen MR) is 104 cm³/mol. The van der Waals surface area contributed by atoms with Gasteiger partial charge in [0.2, 0.25) is 5.95 Å². The summed E-state index contributed by atoms with van der Waals surface area (Å²) in [6.07, 6.45) is 4.50. The maximum Gasteiger partial charge on any atom is 0.258 e. The first-order valence-corrected chi connectivity index (χ1v) is 9.33. The van der Waals surface area contributed by atoms with Crippen molar-refractivity contribution in [3.05, 3.63) is 59.6 Å². The zero-order valence-electron chi connectivity index (χ0n) is 14.9. The lowest BCUT2D eigenvalue weighted by molar-refractivity contribution is 0.420. The van der Waals surface area contributed by atoms with Gasteiger partial charge in [-0.2, -0.15) is 4.98 Å². The third-order valence-corrected chi connectivity index (χ3v) is 4.87. The Kier molecular flexibility index (Phi) is 4.25. The third kappa shape index (κ3) is 3.11. The quantitative estimate of drug-likeness (QED) is 0.524. The lowest BCUT2D eigenvalue weighted by atomic mass is 10.2. The molecule has 140 valence electrons. The van der Waals surface area contributed by atoms with Crippen LogP contribution in [0.2, 0.25) is 5.02 Å². The number of benzene rings is 1. The Balaban J connectivity index is 1.40. The van der Waals surface area contributed by atoms with Gasteiger partial charge in [-0.25, -0.2) is 0 Å². The fraction of sp³-hybridized carbons (Fsp3) is 0.211. The molecule has 0 atom stereocenters. The summed E-state index contributed by atoms with van der Waals surface area (Å²) in [4.78, 5) is 10.7. The second-order valence-corrected chi connectivity index (χ2v) is 6.95. The van der Waals surface area contributed by atoms with Crippen LogP contribution in [0.15, 0.2) is 53.3 Å². The molecular weight excluding hydrogens is 378 g/mol. The highest BCUT2D eigenvalue weighted by atomic mass is 35.5. The van der Waals surface area contributed by atoms with E-state index in [1.807, 2.05) is 30.3 Å². The first-order valence-electron chi connectivity index (χ1n) is 8.95. The monoisotopic (exact) mass is 393 g/mol. The molecule has 5 rings (SSSR count). The number of anilines is 1. The average Bonchev–Trinajstić information content (AvgIpc) is 3.36. The van der Waals surface area contributed by atoms with Crippen LogP contribution in [0, 0.1) is 0 Å². The second kappa shape index (κ2) is 7.05. The van der Waals surface area contributed by atoms with Gasteiger partial charge in [-0.3, -0.25) is 9.55 Å². The van der Waals surface area contributed by atoms with E-state index in [4.69, 9.17) is 16.1 Å². The Bertz CT molecular complexity index is 1110. The topological polar surface area (TPSA) is 85.8 Å². The minimum Gasteiger partial charge on any atom is -0.334 e. The number of rotatable bonds is 4. The number of nitrogens with zero attached hydrogens (tertiary/aromatic N) is 7. The molecule has 0 fully saturated rings. The van der Waals surface area contributed by atoms with E-state index < -0.39 is 0 Å². The Hall–Kier alpha value is -3.26. The first-order chi connectivity index (χ1) is 13.8. The van der Waals surface area contributed by atoms with Crippen molar-refractivity contribution in [2.24, 2.45) is 0 Å². The molecule has 0 aliphatic carbocycles. The van der Waals surface area contributed by atoms with Crippen LogP contribution >= 0.6 is 11.6 Å². The molecule has 8 nitrogen and oxygen atoms in total. The molecule has 0 spiro atoms. The standard InChI is InChI=1S/C19H16ClN7O/c20-15-4-1-3-14(11-15)18-22-16(25-28-18)12-26-9-2-10-27-17(23-24-19(26)27)13-5-7-21-8-6-13/h1,3-8,11H,2,9-10,12H2.